The third-order valence-corrected chi connectivity index (χ3v) is 2.22. The summed E-state index contributed by atoms with van der Waals surface area (Å²) < 4.78 is 2.06. The van der Waals surface area contributed by atoms with Crippen molar-refractivity contribution in [2.24, 2.45) is 0 Å². The summed E-state index contributed by atoms with van der Waals surface area (Å²) in [5.74, 6) is 0. The van der Waals surface area contributed by atoms with Crippen molar-refractivity contribution in [1.29, 1.82) is 0 Å². The molecule has 0 unspecified atom stereocenters. The number of pyridine rings is 1. The molecule has 2 rings (SSSR count). The molecular formula is C8H7BrN2. The van der Waals surface area contributed by atoms with Crippen LogP contribution in [0.1, 0.15) is 5.69 Å². The maximum absolute atomic E-state index is 4.17. The van der Waals surface area contributed by atoms with Crippen LogP contribution in [0.4, 0.5) is 0 Å². The van der Waals surface area contributed by atoms with Crippen LogP contribution in [0.3, 0.4) is 0 Å². The average molecular weight is 211 g/mol. The van der Waals surface area contributed by atoms with Crippen LogP contribution in [0.2, 0.25) is 0 Å². The Hall–Kier alpha value is -0.830. The summed E-state index contributed by atoms with van der Waals surface area (Å²) in [6.45, 7) is 0. The maximum Gasteiger partial charge on any atom is 0.136 e. The highest BCUT2D eigenvalue weighted by molar-refractivity contribution is 9.08. The highest BCUT2D eigenvalue weighted by Gasteiger charge is 1.96. The van der Waals surface area contributed by atoms with Crippen LogP contribution in [0.15, 0.2) is 30.6 Å². The van der Waals surface area contributed by atoms with Crippen molar-refractivity contribution >= 4 is 21.6 Å². The van der Waals surface area contributed by atoms with E-state index >= 15 is 0 Å². The van der Waals surface area contributed by atoms with E-state index in [2.05, 4.69) is 31.4 Å². The van der Waals surface area contributed by atoms with Crippen molar-refractivity contribution in [1.82, 2.24) is 9.38 Å². The van der Waals surface area contributed by atoms with Gasteiger partial charge in [-0.3, -0.25) is 0 Å². The monoisotopic (exact) mass is 210 g/mol. The molecule has 0 spiro atoms. The van der Waals surface area contributed by atoms with Crippen molar-refractivity contribution in [3.63, 3.8) is 0 Å². The average Bonchev–Trinajstić information content (AvgIpc) is 2.50. The Kier molecular flexibility index (Phi) is 1.66. The van der Waals surface area contributed by atoms with E-state index in [4.69, 9.17) is 0 Å². The lowest BCUT2D eigenvalue weighted by Gasteiger charge is -1.98. The van der Waals surface area contributed by atoms with Crippen LogP contribution in [0.25, 0.3) is 5.65 Å². The number of hydrogen-bond acceptors (Lipinski definition) is 1. The Morgan fingerprint density at radius 3 is 3.18 bits per heavy atom. The number of aromatic nitrogens is 2. The van der Waals surface area contributed by atoms with Gasteiger partial charge in [0.15, 0.2) is 0 Å². The molecule has 0 aliphatic carbocycles. The smallest absolute Gasteiger partial charge is 0.136 e. The van der Waals surface area contributed by atoms with Gasteiger partial charge in [0.1, 0.15) is 5.65 Å². The molecule has 0 N–H and O–H groups in total. The highest BCUT2D eigenvalue weighted by atomic mass is 79.9. The first-order chi connectivity index (χ1) is 5.42. The van der Waals surface area contributed by atoms with Crippen LogP contribution < -0.4 is 0 Å². The van der Waals surface area contributed by atoms with E-state index < -0.39 is 0 Å². The van der Waals surface area contributed by atoms with Gasteiger partial charge in [-0.25, -0.2) is 4.98 Å². The topological polar surface area (TPSA) is 17.3 Å². The SMILES string of the molecule is BrCc1cccc2nccn12. The predicted molar refractivity (Wildman–Crippen MR) is 47.8 cm³/mol. The van der Waals surface area contributed by atoms with Crippen LogP contribution in [-0.2, 0) is 5.33 Å². The number of nitrogens with zero attached hydrogens (tertiary/aromatic N) is 2. The van der Waals surface area contributed by atoms with Gasteiger partial charge in [-0.1, -0.05) is 22.0 Å². The van der Waals surface area contributed by atoms with Crippen molar-refractivity contribution in [2.75, 3.05) is 0 Å². The summed E-state index contributed by atoms with van der Waals surface area (Å²) in [6, 6.07) is 6.08. The van der Waals surface area contributed by atoms with Crippen LogP contribution in [-0.4, -0.2) is 9.38 Å². The number of rotatable bonds is 1. The standard InChI is InChI=1S/C8H7BrN2/c9-6-7-2-1-3-8-10-4-5-11(7)8/h1-5H,6H2. The lowest BCUT2D eigenvalue weighted by atomic mass is 10.4. The fourth-order valence-electron chi connectivity index (χ4n) is 1.12. The van der Waals surface area contributed by atoms with Gasteiger partial charge in [-0.05, 0) is 12.1 Å². The van der Waals surface area contributed by atoms with E-state index in [1.54, 1.807) is 0 Å². The molecule has 3 heteroatoms. The van der Waals surface area contributed by atoms with Gasteiger partial charge in [0.05, 0.1) is 0 Å². The van der Waals surface area contributed by atoms with E-state index in [0.717, 1.165) is 11.0 Å². The molecule has 0 atom stereocenters. The maximum atomic E-state index is 4.17. The first-order valence-electron chi connectivity index (χ1n) is 3.39. The van der Waals surface area contributed by atoms with E-state index in [0.29, 0.717) is 0 Å². The first-order valence-corrected chi connectivity index (χ1v) is 4.51. The molecule has 2 aromatic heterocycles. The minimum Gasteiger partial charge on any atom is -0.303 e. The van der Waals surface area contributed by atoms with E-state index in [1.807, 2.05) is 24.5 Å². The second-order valence-corrected chi connectivity index (χ2v) is 2.87. The Morgan fingerprint density at radius 2 is 2.36 bits per heavy atom. The summed E-state index contributed by atoms with van der Waals surface area (Å²) >= 11 is 3.41. The zero-order valence-corrected chi connectivity index (χ0v) is 7.45. The quantitative estimate of drug-likeness (QED) is 0.661. The molecule has 11 heavy (non-hydrogen) atoms. The lowest BCUT2D eigenvalue weighted by Crippen LogP contribution is -1.90. The summed E-state index contributed by atoms with van der Waals surface area (Å²) in [5.41, 5.74) is 2.22. The van der Waals surface area contributed by atoms with Crippen LogP contribution >= 0.6 is 15.9 Å². The molecule has 2 heterocycles. The molecule has 0 amide bonds. The molecule has 0 saturated carbocycles. The van der Waals surface area contributed by atoms with Gasteiger partial charge in [0.2, 0.25) is 0 Å². The van der Waals surface area contributed by atoms with Crippen molar-refractivity contribution < 1.29 is 0 Å². The van der Waals surface area contributed by atoms with E-state index in [-0.39, 0.29) is 0 Å². The van der Waals surface area contributed by atoms with Crippen molar-refractivity contribution in [3.05, 3.63) is 36.3 Å². The largest absolute Gasteiger partial charge is 0.303 e. The molecule has 0 aromatic carbocycles. The number of alkyl halides is 1. The number of imidazole rings is 1. The van der Waals surface area contributed by atoms with Gasteiger partial charge < -0.3 is 4.40 Å². The van der Waals surface area contributed by atoms with Crippen LogP contribution in [0.5, 0.6) is 0 Å². The van der Waals surface area contributed by atoms with Gasteiger partial charge >= 0.3 is 0 Å². The fraction of sp³-hybridized carbons (Fsp3) is 0.125. The zero-order valence-electron chi connectivity index (χ0n) is 5.87. The second kappa shape index (κ2) is 2.66. The molecule has 0 bridgehead atoms. The molecule has 0 fully saturated rings. The molecule has 0 radical (unpaired) electrons. The van der Waals surface area contributed by atoms with Gasteiger partial charge in [0, 0.05) is 23.4 Å². The summed E-state index contributed by atoms with van der Waals surface area (Å²) in [6.07, 6.45) is 3.77. The Morgan fingerprint density at radius 1 is 1.45 bits per heavy atom. The summed E-state index contributed by atoms with van der Waals surface area (Å²) in [5, 5.41) is 0.862. The fourth-order valence-corrected chi connectivity index (χ4v) is 1.57. The van der Waals surface area contributed by atoms with Gasteiger partial charge in [-0.15, -0.1) is 0 Å². The minimum absolute atomic E-state index is 0.862. The molecule has 56 valence electrons. The van der Waals surface area contributed by atoms with Crippen molar-refractivity contribution in [3.8, 4) is 0 Å². The Labute approximate surface area is 73.0 Å². The molecule has 2 nitrogen and oxygen atoms in total. The third-order valence-electron chi connectivity index (χ3n) is 1.65. The lowest BCUT2D eigenvalue weighted by molar-refractivity contribution is 1.08. The third kappa shape index (κ3) is 1.05. The molecule has 0 aliphatic heterocycles. The van der Waals surface area contributed by atoms with Gasteiger partial charge in [0.25, 0.3) is 0 Å². The number of halogens is 1. The molecular weight excluding hydrogens is 204 g/mol. The molecule has 2 aromatic rings. The van der Waals surface area contributed by atoms with Gasteiger partial charge in [-0.2, -0.15) is 0 Å². The second-order valence-electron chi connectivity index (χ2n) is 2.31. The van der Waals surface area contributed by atoms with E-state index in [1.165, 1.54) is 5.69 Å². The Bertz CT molecular complexity index is 367. The number of fused-ring (bicyclic) bond motifs is 1. The highest BCUT2D eigenvalue weighted by Crippen LogP contribution is 2.08. The van der Waals surface area contributed by atoms with Crippen molar-refractivity contribution in [2.45, 2.75) is 5.33 Å². The normalized spacial score (nSPS) is 10.6. The molecule has 0 aliphatic rings. The first kappa shape index (κ1) is 6.85. The molecule has 0 saturated heterocycles. The number of hydrogen-bond donors (Lipinski definition) is 0. The Balaban J connectivity index is 2.79. The minimum atomic E-state index is 0.862. The van der Waals surface area contributed by atoms with Crippen LogP contribution in [0, 0.1) is 0 Å². The van der Waals surface area contributed by atoms with E-state index in [9.17, 15) is 0 Å². The summed E-state index contributed by atoms with van der Waals surface area (Å²) in [7, 11) is 0. The predicted octanol–water partition coefficient (Wildman–Crippen LogP) is 2.23. The zero-order chi connectivity index (χ0) is 7.68. The summed E-state index contributed by atoms with van der Waals surface area (Å²) in [4.78, 5) is 4.17.